The summed E-state index contributed by atoms with van der Waals surface area (Å²) in [6, 6.07) is 21.5. The van der Waals surface area contributed by atoms with Gasteiger partial charge in [-0.1, -0.05) is 54.6 Å². The number of furan rings is 1. The molecule has 4 rings (SSSR count). The Balaban J connectivity index is 1.18. The summed E-state index contributed by atoms with van der Waals surface area (Å²) in [6.45, 7) is 2.58. The molecule has 2 amide bonds. The quantitative estimate of drug-likeness (QED) is 0.477. The molecule has 2 heterocycles. The van der Waals surface area contributed by atoms with Gasteiger partial charge in [-0.05, 0) is 47.7 Å². The van der Waals surface area contributed by atoms with Gasteiger partial charge in [0.2, 0.25) is 11.8 Å². The van der Waals surface area contributed by atoms with Crippen LogP contribution in [0, 0.1) is 5.92 Å². The van der Waals surface area contributed by atoms with E-state index in [1.165, 1.54) is 0 Å². The second kappa shape index (κ2) is 12.0. The van der Waals surface area contributed by atoms with E-state index in [1.54, 1.807) is 12.3 Å². The van der Waals surface area contributed by atoms with Crippen LogP contribution in [0.2, 0.25) is 0 Å². The maximum absolute atomic E-state index is 12.7. The van der Waals surface area contributed by atoms with Gasteiger partial charge >= 0.3 is 0 Å². The lowest BCUT2D eigenvalue weighted by molar-refractivity contribution is -0.132. The molecule has 1 N–H and O–H groups in total. The van der Waals surface area contributed by atoms with Crippen molar-refractivity contribution in [1.82, 2.24) is 10.2 Å². The summed E-state index contributed by atoms with van der Waals surface area (Å²) in [6.07, 6.45) is 6.43. The van der Waals surface area contributed by atoms with E-state index in [4.69, 9.17) is 9.15 Å². The van der Waals surface area contributed by atoms with Crippen LogP contribution < -0.4 is 5.32 Å². The molecule has 1 aliphatic rings. The van der Waals surface area contributed by atoms with Crippen LogP contribution in [0.1, 0.15) is 35.3 Å². The molecule has 0 atom stereocenters. The molecule has 0 spiro atoms. The van der Waals surface area contributed by atoms with E-state index in [0.717, 1.165) is 22.5 Å². The van der Waals surface area contributed by atoms with Gasteiger partial charge in [0, 0.05) is 31.6 Å². The lowest BCUT2D eigenvalue weighted by Gasteiger charge is -2.30. The molecule has 6 nitrogen and oxygen atoms in total. The van der Waals surface area contributed by atoms with Gasteiger partial charge in [0.15, 0.2) is 0 Å². The smallest absolute Gasteiger partial charge is 0.246 e. The van der Waals surface area contributed by atoms with E-state index in [9.17, 15) is 9.59 Å². The van der Waals surface area contributed by atoms with Gasteiger partial charge in [0.05, 0.1) is 12.9 Å². The van der Waals surface area contributed by atoms with Crippen LogP contribution in [0.5, 0.6) is 0 Å². The van der Waals surface area contributed by atoms with Crippen LogP contribution in [0.3, 0.4) is 0 Å². The highest BCUT2D eigenvalue weighted by Gasteiger charge is 2.26. The third-order valence-electron chi connectivity index (χ3n) is 5.95. The van der Waals surface area contributed by atoms with Crippen LogP contribution in [-0.4, -0.2) is 29.8 Å². The van der Waals surface area contributed by atoms with Crippen molar-refractivity contribution in [2.24, 2.45) is 5.92 Å². The summed E-state index contributed by atoms with van der Waals surface area (Å²) in [5.74, 6) is 0.769. The minimum Gasteiger partial charge on any atom is -0.467 e. The molecule has 1 fully saturated rings. The van der Waals surface area contributed by atoms with E-state index in [2.05, 4.69) is 5.32 Å². The lowest BCUT2D eigenvalue weighted by Crippen LogP contribution is -2.42. The van der Waals surface area contributed by atoms with Crippen molar-refractivity contribution in [2.75, 3.05) is 13.1 Å². The van der Waals surface area contributed by atoms with Gasteiger partial charge in [-0.15, -0.1) is 0 Å². The number of hydrogen-bond donors (Lipinski definition) is 1. The predicted octanol–water partition coefficient (Wildman–Crippen LogP) is 4.56. The zero-order valence-electron chi connectivity index (χ0n) is 19.2. The van der Waals surface area contributed by atoms with Crippen LogP contribution in [0.25, 0.3) is 6.08 Å². The molecule has 0 unspecified atom stereocenters. The van der Waals surface area contributed by atoms with Crippen LogP contribution in [0.4, 0.5) is 0 Å². The molecule has 1 saturated heterocycles. The number of piperidine rings is 1. The van der Waals surface area contributed by atoms with Gasteiger partial charge in [0.1, 0.15) is 12.4 Å². The van der Waals surface area contributed by atoms with Crippen molar-refractivity contribution in [1.29, 1.82) is 0 Å². The molecule has 1 aromatic heterocycles. The zero-order valence-corrected chi connectivity index (χ0v) is 19.2. The maximum Gasteiger partial charge on any atom is 0.246 e. The standard InChI is InChI=1S/C28H30N2O4/c31-27(12-11-22-6-2-1-3-7-22)30-15-13-25(14-16-30)28(32)29-19-23-8-4-9-24(18-23)20-33-21-26-10-5-17-34-26/h1-12,17-18,25H,13-16,19-21H2,(H,29,32)/b12-11+. The number of hydrogen-bond acceptors (Lipinski definition) is 4. The highest BCUT2D eigenvalue weighted by atomic mass is 16.5. The Morgan fingerprint density at radius 1 is 0.971 bits per heavy atom. The molecule has 6 heteroatoms. The number of carbonyl (C=O) groups excluding carboxylic acids is 2. The number of carbonyl (C=O) groups is 2. The molecule has 176 valence electrons. The molecule has 0 aliphatic carbocycles. The van der Waals surface area contributed by atoms with Gasteiger partial charge in [-0.3, -0.25) is 9.59 Å². The highest BCUT2D eigenvalue weighted by Crippen LogP contribution is 2.18. The van der Waals surface area contributed by atoms with Crippen molar-refractivity contribution < 1.29 is 18.7 Å². The Bertz CT molecular complexity index is 1080. The summed E-state index contributed by atoms with van der Waals surface area (Å²) in [5.41, 5.74) is 3.08. The first kappa shape index (κ1) is 23.5. The first-order chi connectivity index (χ1) is 16.7. The monoisotopic (exact) mass is 458 g/mol. The van der Waals surface area contributed by atoms with Crippen LogP contribution >= 0.6 is 0 Å². The van der Waals surface area contributed by atoms with Crippen molar-refractivity contribution in [2.45, 2.75) is 32.6 Å². The SMILES string of the molecule is O=C(NCc1cccc(COCc2ccco2)c1)C1CCN(C(=O)/C=C/c2ccccc2)CC1. The Hall–Kier alpha value is -3.64. The van der Waals surface area contributed by atoms with Gasteiger partial charge < -0.3 is 19.4 Å². The largest absolute Gasteiger partial charge is 0.467 e. The fourth-order valence-electron chi connectivity index (χ4n) is 4.03. The van der Waals surface area contributed by atoms with E-state index < -0.39 is 0 Å². The molecule has 2 aromatic carbocycles. The molecule has 0 bridgehead atoms. The fraction of sp³-hybridized carbons (Fsp3) is 0.286. The van der Waals surface area contributed by atoms with E-state index in [0.29, 0.717) is 45.7 Å². The Morgan fingerprint density at radius 3 is 2.53 bits per heavy atom. The third kappa shape index (κ3) is 6.93. The summed E-state index contributed by atoms with van der Waals surface area (Å²) in [5, 5.41) is 3.05. The van der Waals surface area contributed by atoms with E-state index in [-0.39, 0.29) is 17.7 Å². The fourth-order valence-corrected chi connectivity index (χ4v) is 4.03. The van der Waals surface area contributed by atoms with Gasteiger partial charge in [-0.25, -0.2) is 0 Å². The van der Waals surface area contributed by atoms with Crippen molar-refractivity contribution in [3.05, 3.63) is 102 Å². The van der Waals surface area contributed by atoms with Crippen molar-refractivity contribution in [3.63, 3.8) is 0 Å². The van der Waals surface area contributed by atoms with Crippen LogP contribution in [-0.2, 0) is 34.1 Å². The number of likely N-dealkylation sites (tertiary alicyclic amines) is 1. The molecular formula is C28H30N2O4. The molecule has 0 saturated carbocycles. The Morgan fingerprint density at radius 2 is 1.76 bits per heavy atom. The normalized spacial score (nSPS) is 14.4. The Kier molecular flexibility index (Phi) is 8.30. The number of amides is 2. The second-order valence-electron chi connectivity index (χ2n) is 8.45. The minimum absolute atomic E-state index is 0.00575. The Labute approximate surface area is 200 Å². The van der Waals surface area contributed by atoms with E-state index >= 15 is 0 Å². The summed E-state index contributed by atoms with van der Waals surface area (Å²) < 4.78 is 11.0. The number of ether oxygens (including phenoxy) is 1. The molecule has 1 aliphatic heterocycles. The lowest BCUT2D eigenvalue weighted by atomic mass is 9.95. The average molecular weight is 459 g/mol. The topological polar surface area (TPSA) is 71.8 Å². The van der Waals surface area contributed by atoms with Crippen LogP contribution in [0.15, 0.2) is 83.5 Å². The summed E-state index contributed by atoms with van der Waals surface area (Å²) in [7, 11) is 0. The summed E-state index contributed by atoms with van der Waals surface area (Å²) in [4.78, 5) is 27.0. The zero-order chi connectivity index (χ0) is 23.6. The first-order valence-corrected chi connectivity index (χ1v) is 11.6. The number of nitrogens with zero attached hydrogens (tertiary/aromatic N) is 1. The van der Waals surface area contributed by atoms with Crippen molar-refractivity contribution in [3.8, 4) is 0 Å². The maximum atomic E-state index is 12.7. The predicted molar refractivity (Wildman–Crippen MR) is 130 cm³/mol. The van der Waals surface area contributed by atoms with E-state index in [1.807, 2.05) is 77.7 Å². The molecular weight excluding hydrogens is 428 g/mol. The van der Waals surface area contributed by atoms with Gasteiger partial charge in [-0.2, -0.15) is 0 Å². The third-order valence-corrected chi connectivity index (χ3v) is 5.95. The average Bonchev–Trinajstić information content (AvgIpc) is 3.40. The molecule has 34 heavy (non-hydrogen) atoms. The number of nitrogens with one attached hydrogen (secondary N) is 1. The number of rotatable bonds is 9. The first-order valence-electron chi connectivity index (χ1n) is 11.6. The highest BCUT2D eigenvalue weighted by molar-refractivity contribution is 5.92. The summed E-state index contributed by atoms with van der Waals surface area (Å²) >= 11 is 0. The molecule has 3 aromatic rings. The van der Waals surface area contributed by atoms with Gasteiger partial charge in [0.25, 0.3) is 0 Å². The minimum atomic E-state index is -0.0676. The molecule has 0 radical (unpaired) electrons. The number of benzene rings is 2. The van der Waals surface area contributed by atoms with Crippen molar-refractivity contribution >= 4 is 17.9 Å². The second-order valence-corrected chi connectivity index (χ2v) is 8.45.